The lowest BCUT2D eigenvalue weighted by molar-refractivity contribution is -0.384. The highest BCUT2D eigenvalue weighted by Crippen LogP contribution is 2.35. The van der Waals surface area contributed by atoms with Gasteiger partial charge in [-0.05, 0) is 36.8 Å². The maximum atomic E-state index is 13.0. The summed E-state index contributed by atoms with van der Waals surface area (Å²) in [5.74, 6) is 0.00572. The van der Waals surface area contributed by atoms with E-state index in [2.05, 4.69) is 4.98 Å². The van der Waals surface area contributed by atoms with E-state index in [0.717, 1.165) is 0 Å². The summed E-state index contributed by atoms with van der Waals surface area (Å²) in [4.78, 5) is 28.9. The normalized spacial score (nSPS) is 16.5. The van der Waals surface area contributed by atoms with Gasteiger partial charge in [0.25, 0.3) is 10.9 Å². The van der Waals surface area contributed by atoms with Crippen molar-refractivity contribution in [2.75, 3.05) is 11.4 Å². The van der Waals surface area contributed by atoms with Gasteiger partial charge < -0.3 is 9.32 Å². The van der Waals surface area contributed by atoms with Gasteiger partial charge in [-0.15, -0.1) is 0 Å². The van der Waals surface area contributed by atoms with Crippen LogP contribution in [-0.2, 0) is 4.79 Å². The number of thioether (sulfide) groups is 1. The highest BCUT2D eigenvalue weighted by molar-refractivity contribution is 8.00. The maximum Gasteiger partial charge on any atom is 0.271 e. The van der Waals surface area contributed by atoms with Gasteiger partial charge in [-0.2, -0.15) is 0 Å². The number of hydrogen-bond donors (Lipinski definition) is 0. The molecule has 1 fully saturated rings. The molecule has 1 atom stereocenters. The fraction of sp³-hybridized carbons (Fsp3) is 0.158. The third-order valence-corrected chi connectivity index (χ3v) is 5.48. The lowest BCUT2D eigenvalue weighted by atomic mass is 10.2. The Morgan fingerprint density at radius 3 is 2.79 bits per heavy atom. The van der Waals surface area contributed by atoms with Crippen molar-refractivity contribution in [2.45, 2.75) is 16.9 Å². The summed E-state index contributed by atoms with van der Waals surface area (Å²) in [7, 11) is 0. The van der Waals surface area contributed by atoms with Gasteiger partial charge in [-0.25, -0.2) is 9.37 Å². The molecule has 1 saturated heterocycles. The molecule has 1 amide bonds. The Labute approximate surface area is 163 Å². The second-order valence-electron chi connectivity index (χ2n) is 6.16. The summed E-state index contributed by atoms with van der Waals surface area (Å²) >= 11 is 1.21. The van der Waals surface area contributed by atoms with Crippen LogP contribution in [0.1, 0.15) is 6.42 Å². The topological polar surface area (TPSA) is 89.5 Å². The van der Waals surface area contributed by atoms with Crippen molar-refractivity contribution < 1.29 is 18.5 Å². The molecule has 28 heavy (non-hydrogen) atoms. The minimum Gasteiger partial charge on any atom is -0.431 e. The van der Waals surface area contributed by atoms with Crippen LogP contribution >= 0.6 is 11.8 Å². The number of carbonyl (C=O) groups is 1. The first kappa shape index (κ1) is 18.2. The Hall–Kier alpha value is -3.20. The number of benzene rings is 2. The van der Waals surface area contributed by atoms with E-state index in [9.17, 15) is 19.3 Å². The highest BCUT2D eigenvalue weighted by atomic mass is 32.2. The van der Waals surface area contributed by atoms with Crippen molar-refractivity contribution >= 4 is 29.0 Å². The molecule has 2 heterocycles. The van der Waals surface area contributed by atoms with Gasteiger partial charge in [0.15, 0.2) is 5.76 Å². The molecule has 7 nitrogen and oxygen atoms in total. The molecule has 1 aliphatic heterocycles. The zero-order valence-corrected chi connectivity index (χ0v) is 15.3. The Bertz CT molecular complexity index is 1040. The number of carbonyl (C=O) groups excluding carboxylic acids is 1. The molecule has 1 aromatic heterocycles. The van der Waals surface area contributed by atoms with E-state index in [1.807, 2.05) is 0 Å². The Balaban J connectivity index is 1.47. The maximum absolute atomic E-state index is 13.0. The Morgan fingerprint density at radius 1 is 1.25 bits per heavy atom. The number of amides is 1. The van der Waals surface area contributed by atoms with Crippen molar-refractivity contribution in [3.8, 4) is 11.3 Å². The summed E-state index contributed by atoms with van der Waals surface area (Å²) in [6.07, 6.45) is 2.10. The van der Waals surface area contributed by atoms with Gasteiger partial charge in [0.2, 0.25) is 5.91 Å². The van der Waals surface area contributed by atoms with Crippen LogP contribution in [0.3, 0.4) is 0 Å². The minimum atomic E-state index is -0.486. The zero-order valence-electron chi connectivity index (χ0n) is 14.4. The molecule has 1 aliphatic rings. The molecule has 9 heteroatoms. The highest BCUT2D eigenvalue weighted by Gasteiger charge is 2.35. The van der Waals surface area contributed by atoms with Gasteiger partial charge in [0.05, 0.1) is 22.1 Å². The van der Waals surface area contributed by atoms with Crippen molar-refractivity contribution in [1.82, 2.24) is 4.98 Å². The fourth-order valence-corrected chi connectivity index (χ4v) is 3.92. The molecule has 0 bridgehead atoms. The number of non-ortho nitro benzene ring substituents is 1. The zero-order chi connectivity index (χ0) is 19.7. The van der Waals surface area contributed by atoms with E-state index >= 15 is 0 Å². The number of aromatic nitrogens is 1. The average molecular weight is 399 g/mol. The summed E-state index contributed by atoms with van der Waals surface area (Å²) < 4.78 is 18.7. The minimum absolute atomic E-state index is 0.0574. The second-order valence-corrected chi connectivity index (χ2v) is 7.31. The van der Waals surface area contributed by atoms with E-state index in [1.54, 1.807) is 24.3 Å². The molecule has 0 radical (unpaired) electrons. The van der Waals surface area contributed by atoms with E-state index in [4.69, 9.17) is 4.42 Å². The smallest absolute Gasteiger partial charge is 0.271 e. The quantitative estimate of drug-likeness (QED) is 0.470. The summed E-state index contributed by atoms with van der Waals surface area (Å²) in [5, 5.41) is 10.9. The van der Waals surface area contributed by atoms with E-state index < -0.39 is 4.92 Å². The molecule has 0 aliphatic carbocycles. The molecule has 0 unspecified atom stereocenters. The molecule has 2 aromatic carbocycles. The number of nitrogens with zero attached hydrogens (tertiary/aromatic N) is 3. The van der Waals surface area contributed by atoms with E-state index in [1.165, 1.54) is 47.1 Å². The number of nitro groups is 1. The third-order valence-electron chi connectivity index (χ3n) is 4.36. The third kappa shape index (κ3) is 3.61. The predicted molar refractivity (Wildman–Crippen MR) is 102 cm³/mol. The lowest BCUT2D eigenvalue weighted by Gasteiger charge is -2.16. The number of nitro benzene ring substituents is 1. The van der Waals surface area contributed by atoms with Gasteiger partial charge in [0, 0.05) is 24.2 Å². The molecule has 4 rings (SSSR count). The summed E-state index contributed by atoms with van der Waals surface area (Å²) in [6, 6.07) is 11.9. The van der Waals surface area contributed by atoms with Crippen LogP contribution in [0.4, 0.5) is 15.8 Å². The van der Waals surface area contributed by atoms with Crippen molar-refractivity contribution in [3.63, 3.8) is 0 Å². The molecule has 0 spiro atoms. The largest absolute Gasteiger partial charge is 0.431 e. The van der Waals surface area contributed by atoms with Crippen molar-refractivity contribution in [1.29, 1.82) is 0 Å². The first-order chi connectivity index (χ1) is 13.5. The van der Waals surface area contributed by atoms with E-state index in [0.29, 0.717) is 35.2 Å². The average Bonchev–Trinajstić information content (AvgIpc) is 3.30. The molecular formula is C19H14FN3O4S. The monoisotopic (exact) mass is 399 g/mol. The first-order valence-electron chi connectivity index (χ1n) is 8.45. The predicted octanol–water partition coefficient (Wildman–Crippen LogP) is 4.29. The number of oxazole rings is 1. The molecule has 0 saturated carbocycles. The van der Waals surface area contributed by atoms with E-state index in [-0.39, 0.29) is 22.7 Å². The van der Waals surface area contributed by atoms with Crippen LogP contribution in [0, 0.1) is 15.9 Å². The number of hydrogen-bond acceptors (Lipinski definition) is 6. The Kier molecular flexibility index (Phi) is 4.82. The number of rotatable bonds is 5. The molecule has 0 N–H and O–H groups in total. The standard InChI is InChI=1S/C19H14FN3O4S/c20-13-6-4-12(5-7-13)16-11-21-19(27-16)28-17-8-9-22(18(17)24)14-2-1-3-15(10-14)23(25)26/h1-7,10-11,17H,8-9H2/t17-/m1/s1. The molecule has 3 aromatic rings. The first-order valence-corrected chi connectivity index (χ1v) is 9.33. The van der Waals surface area contributed by atoms with Crippen LogP contribution < -0.4 is 4.90 Å². The fourth-order valence-electron chi connectivity index (χ4n) is 2.98. The van der Waals surface area contributed by atoms with Crippen LogP contribution in [0.25, 0.3) is 11.3 Å². The summed E-state index contributed by atoms with van der Waals surface area (Å²) in [6.45, 7) is 0.462. The summed E-state index contributed by atoms with van der Waals surface area (Å²) in [5.41, 5.74) is 1.14. The van der Waals surface area contributed by atoms with Gasteiger partial charge in [0.1, 0.15) is 5.82 Å². The number of halogens is 1. The van der Waals surface area contributed by atoms with Crippen LogP contribution in [-0.4, -0.2) is 27.6 Å². The molecular weight excluding hydrogens is 385 g/mol. The van der Waals surface area contributed by atoms with Gasteiger partial charge in [-0.1, -0.05) is 17.8 Å². The lowest BCUT2D eigenvalue weighted by Crippen LogP contribution is -2.28. The Morgan fingerprint density at radius 2 is 2.04 bits per heavy atom. The van der Waals surface area contributed by atoms with Crippen LogP contribution in [0.2, 0.25) is 0 Å². The molecule has 142 valence electrons. The SMILES string of the molecule is O=C1[C@H](Sc2ncc(-c3ccc(F)cc3)o2)CCN1c1cccc([N+](=O)[O-])c1. The van der Waals surface area contributed by atoms with Crippen LogP contribution in [0.15, 0.2) is 64.4 Å². The van der Waals surface area contributed by atoms with Gasteiger partial charge in [-0.3, -0.25) is 14.9 Å². The second kappa shape index (κ2) is 7.43. The van der Waals surface area contributed by atoms with Crippen LogP contribution in [0.5, 0.6) is 0 Å². The van der Waals surface area contributed by atoms with Crippen molar-refractivity contribution in [3.05, 3.63) is 70.7 Å². The number of anilines is 1. The van der Waals surface area contributed by atoms with Crippen molar-refractivity contribution in [2.24, 2.45) is 0 Å². The van der Waals surface area contributed by atoms with Gasteiger partial charge >= 0.3 is 0 Å².